The Labute approximate surface area is 107 Å². The van der Waals surface area contributed by atoms with Crippen molar-refractivity contribution in [2.24, 2.45) is 0 Å². The Bertz CT molecular complexity index is 356. The molecule has 0 aromatic heterocycles. The third kappa shape index (κ3) is 3.25. The second-order valence-corrected chi connectivity index (χ2v) is 5.26. The first-order valence-corrected chi connectivity index (χ1v) is 6.69. The lowest BCUT2D eigenvalue weighted by atomic mass is 9.95. The van der Waals surface area contributed by atoms with Crippen molar-refractivity contribution < 1.29 is 4.79 Å². The number of halogens is 1. The van der Waals surface area contributed by atoms with E-state index in [4.69, 9.17) is 11.6 Å². The highest BCUT2D eigenvalue weighted by atomic mass is 35.5. The zero-order valence-electron chi connectivity index (χ0n) is 10.1. The first-order chi connectivity index (χ1) is 8.16. The van der Waals surface area contributed by atoms with E-state index >= 15 is 0 Å². The fourth-order valence-corrected chi connectivity index (χ4v) is 2.57. The van der Waals surface area contributed by atoms with E-state index in [1.54, 1.807) is 12.3 Å². The van der Waals surface area contributed by atoms with E-state index in [0.717, 1.165) is 18.4 Å². The van der Waals surface area contributed by atoms with Crippen LogP contribution in [0.4, 0.5) is 0 Å². The van der Waals surface area contributed by atoms with E-state index in [-0.39, 0.29) is 11.9 Å². The molecule has 2 N–H and O–H groups in total. The van der Waals surface area contributed by atoms with Crippen molar-refractivity contribution in [2.45, 2.75) is 51.1 Å². The number of rotatable bonds is 2. The van der Waals surface area contributed by atoms with Crippen LogP contribution >= 0.6 is 11.6 Å². The molecule has 4 heteroatoms. The Morgan fingerprint density at radius 3 is 2.82 bits per heavy atom. The second kappa shape index (κ2) is 5.58. The van der Waals surface area contributed by atoms with Gasteiger partial charge in [0.1, 0.15) is 0 Å². The number of nitrogens with one attached hydrogen (secondary N) is 2. The van der Waals surface area contributed by atoms with Crippen LogP contribution in [0.2, 0.25) is 0 Å². The van der Waals surface area contributed by atoms with Gasteiger partial charge in [0.15, 0.2) is 0 Å². The normalized spacial score (nSPS) is 25.6. The highest BCUT2D eigenvalue weighted by molar-refractivity contribution is 6.31. The summed E-state index contributed by atoms with van der Waals surface area (Å²) in [4.78, 5) is 12.1. The predicted molar refractivity (Wildman–Crippen MR) is 69.6 cm³/mol. The topological polar surface area (TPSA) is 41.1 Å². The molecule has 1 saturated carbocycles. The van der Waals surface area contributed by atoms with Gasteiger partial charge in [0.25, 0.3) is 0 Å². The average molecular weight is 255 g/mol. The van der Waals surface area contributed by atoms with Gasteiger partial charge in [-0.2, -0.15) is 0 Å². The van der Waals surface area contributed by atoms with E-state index < -0.39 is 0 Å². The number of hydrogen-bond donors (Lipinski definition) is 2. The van der Waals surface area contributed by atoms with Crippen LogP contribution in [0.5, 0.6) is 0 Å². The zero-order valence-corrected chi connectivity index (χ0v) is 10.9. The van der Waals surface area contributed by atoms with Crippen molar-refractivity contribution in [1.29, 1.82) is 0 Å². The molecule has 0 aromatic carbocycles. The highest BCUT2D eigenvalue weighted by Crippen LogP contribution is 2.19. The van der Waals surface area contributed by atoms with Gasteiger partial charge in [-0.25, -0.2) is 0 Å². The molecule has 0 saturated heterocycles. The zero-order chi connectivity index (χ0) is 12.3. The molecular formula is C13H19ClN2O. The molecule has 0 spiro atoms. The van der Waals surface area contributed by atoms with Crippen molar-refractivity contribution in [2.75, 3.05) is 0 Å². The predicted octanol–water partition coefficient (Wildman–Crippen LogP) is 2.43. The maximum Gasteiger partial charge on any atom is 0.249 e. The Hall–Kier alpha value is -0.960. The number of carbonyl (C=O) groups excluding carboxylic acids is 1. The number of hydrogen-bond acceptors (Lipinski definition) is 2. The van der Waals surface area contributed by atoms with Crippen LogP contribution in [0.15, 0.2) is 22.9 Å². The van der Waals surface area contributed by atoms with Gasteiger partial charge in [-0.1, -0.05) is 30.9 Å². The summed E-state index contributed by atoms with van der Waals surface area (Å²) in [6, 6.07) is 0.370. The Morgan fingerprint density at radius 2 is 2.12 bits per heavy atom. The lowest BCUT2D eigenvalue weighted by molar-refractivity contribution is -0.118. The molecule has 2 aliphatic rings. The van der Waals surface area contributed by atoms with Crippen molar-refractivity contribution in [3.8, 4) is 0 Å². The van der Waals surface area contributed by atoms with Crippen LogP contribution < -0.4 is 10.6 Å². The first-order valence-electron chi connectivity index (χ1n) is 6.31. The van der Waals surface area contributed by atoms with Crippen LogP contribution in [0.1, 0.15) is 39.0 Å². The number of carbonyl (C=O) groups is 1. The van der Waals surface area contributed by atoms with Gasteiger partial charge in [-0.3, -0.25) is 4.79 Å². The summed E-state index contributed by atoms with van der Waals surface area (Å²) in [5.74, 6) is 0.0168. The average Bonchev–Trinajstić information content (AvgIpc) is 2.33. The quantitative estimate of drug-likeness (QED) is 0.795. The van der Waals surface area contributed by atoms with Gasteiger partial charge in [0, 0.05) is 17.8 Å². The summed E-state index contributed by atoms with van der Waals surface area (Å²) in [5.41, 5.74) is 0.725. The standard InChI is InChI=1S/C13H19ClN2O/c1-9-12(7-10(14)8-15-9)13(17)16-11-5-3-2-4-6-11/h7-9,11,15H,2-6H2,1H3,(H,16,17). The van der Waals surface area contributed by atoms with E-state index in [0.29, 0.717) is 11.1 Å². The summed E-state index contributed by atoms with van der Waals surface area (Å²) in [7, 11) is 0. The van der Waals surface area contributed by atoms with Gasteiger partial charge in [-0.05, 0) is 25.8 Å². The van der Waals surface area contributed by atoms with Gasteiger partial charge in [0.2, 0.25) is 5.91 Å². The smallest absolute Gasteiger partial charge is 0.249 e. The van der Waals surface area contributed by atoms with Crippen LogP contribution in [0.3, 0.4) is 0 Å². The molecule has 2 rings (SSSR count). The van der Waals surface area contributed by atoms with E-state index in [2.05, 4.69) is 10.6 Å². The van der Waals surface area contributed by atoms with Crippen molar-refractivity contribution in [3.05, 3.63) is 22.9 Å². The van der Waals surface area contributed by atoms with E-state index in [1.165, 1.54) is 19.3 Å². The minimum atomic E-state index is 0.0168. The molecule has 0 bridgehead atoms. The monoisotopic (exact) mass is 254 g/mol. The third-order valence-electron chi connectivity index (χ3n) is 3.43. The molecule has 1 atom stereocenters. The summed E-state index contributed by atoms with van der Waals surface area (Å²) in [6.45, 7) is 1.96. The largest absolute Gasteiger partial charge is 0.383 e. The summed E-state index contributed by atoms with van der Waals surface area (Å²) < 4.78 is 0. The minimum absolute atomic E-state index is 0.0168. The molecule has 94 valence electrons. The van der Waals surface area contributed by atoms with Crippen molar-refractivity contribution >= 4 is 17.5 Å². The molecule has 1 aliphatic heterocycles. The minimum Gasteiger partial charge on any atom is -0.383 e. The molecule has 1 aliphatic carbocycles. The molecule has 3 nitrogen and oxygen atoms in total. The molecule has 1 amide bonds. The van der Waals surface area contributed by atoms with Gasteiger partial charge < -0.3 is 10.6 Å². The van der Waals surface area contributed by atoms with Gasteiger partial charge in [-0.15, -0.1) is 0 Å². The lowest BCUT2D eigenvalue weighted by Crippen LogP contribution is -2.41. The van der Waals surface area contributed by atoms with Gasteiger partial charge in [0.05, 0.1) is 11.1 Å². The fraction of sp³-hybridized carbons (Fsp3) is 0.615. The molecule has 1 unspecified atom stereocenters. The Balaban J connectivity index is 1.96. The molecule has 17 heavy (non-hydrogen) atoms. The van der Waals surface area contributed by atoms with Crippen molar-refractivity contribution in [1.82, 2.24) is 10.6 Å². The van der Waals surface area contributed by atoms with E-state index in [1.807, 2.05) is 6.92 Å². The van der Waals surface area contributed by atoms with Crippen LogP contribution in [-0.4, -0.2) is 18.0 Å². The number of amides is 1. The molecule has 1 fully saturated rings. The SMILES string of the molecule is CC1NC=C(Cl)C=C1C(=O)NC1CCCCC1. The third-order valence-corrected chi connectivity index (χ3v) is 3.65. The second-order valence-electron chi connectivity index (χ2n) is 4.83. The van der Waals surface area contributed by atoms with Gasteiger partial charge >= 0.3 is 0 Å². The first kappa shape index (κ1) is 12.5. The molecule has 0 radical (unpaired) electrons. The maximum atomic E-state index is 12.1. The fourth-order valence-electron chi connectivity index (χ4n) is 2.39. The van der Waals surface area contributed by atoms with Crippen LogP contribution in [0, 0.1) is 0 Å². The van der Waals surface area contributed by atoms with Crippen molar-refractivity contribution in [3.63, 3.8) is 0 Å². The highest BCUT2D eigenvalue weighted by Gasteiger charge is 2.22. The number of dihydropyridines is 1. The Morgan fingerprint density at radius 1 is 1.41 bits per heavy atom. The lowest BCUT2D eigenvalue weighted by Gasteiger charge is -2.26. The maximum absolute atomic E-state index is 12.1. The summed E-state index contributed by atoms with van der Waals surface area (Å²) in [5, 5.41) is 6.76. The Kier molecular flexibility index (Phi) is 4.11. The van der Waals surface area contributed by atoms with Crippen LogP contribution in [-0.2, 0) is 4.79 Å². The van der Waals surface area contributed by atoms with E-state index in [9.17, 15) is 4.79 Å². The number of allylic oxidation sites excluding steroid dienone is 2. The molecule has 0 aromatic rings. The van der Waals surface area contributed by atoms with Crippen LogP contribution in [0.25, 0.3) is 0 Å². The summed E-state index contributed by atoms with van der Waals surface area (Å²) in [6.07, 6.45) is 9.41. The molecular weight excluding hydrogens is 236 g/mol. The summed E-state index contributed by atoms with van der Waals surface area (Å²) >= 11 is 5.91. The molecule has 1 heterocycles.